The second kappa shape index (κ2) is 10.4. The van der Waals surface area contributed by atoms with Crippen LogP contribution in [0.2, 0.25) is 0 Å². The first kappa shape index (κ1) is 25.1. The summed E-state index contributed by atoms with van der Waals surface area (Å²) in [5.74, 6) is 0.979. The smallest absolute Gasteiger partial charge is 0.231 e. The van der Waals surface area contributed by atoms with Gasteiger partial charge < -0.3 is 10.6 Å². The molecule has 7 nitrogen and oxygen atoms in total. The molecule has 0 fully saturated rings. The van der Waals surface area contributed by atoms with Crippen LogP contribution in [0.25, 0.3) is 10.2 Å². The number of nitrogens with one attached hydrogen (secondary N) is 2. The molecule has 0 aliphatic heterocycles. The van der Waals surface area contributed by atoms with Crippen LogP contribution < -0.4 is 10.6 Å². The molecule has 38 heavy (non-hydrogen) atoms. The highest BCUT2D eigenvalue weighted by Gasteiger charge is 2.20. The summed E-state index contributed by atoms with van der Waals surface area (Å²) in [5, 5.41) is 26.7. The Morgan fingerprint density at radius 3 is 1.87 bits per heavy atom. The van der Waals surface area contributed by atoms with Gasteiger partial charge in [-0.3, -0.25) is 0 Å². The SMILES string of the molecule is Cc1cccc(C)c1Nc1nc(Nc2c(C)cccc2C)c(N=Nc2nc3ccccc3s2)c(C)c1C#N. The molecule has 0 spiro atoms. The van der Waals surface area contributed by atoms with Gasteiger partial charge in [-0.2, -0.15) is 5.26 Å². The lowest BCUT2D eigenvalue weighted by molar-refractivity contribution is 1.15. The minimum absolute atomic E-state index is 0.415. The maximum absolute atomic E-state index is 10.2. The van der Waals surface area contributed by atoms with Crippen molar-refractivity contribution in [2.24, 2.45) is 10.2 Å². The molecule has 0 aliphatic rings. The van der Waals surface area contributed by atoms with Gasteiger partial charge in [0.1, 0.15) is 11.8 Å². The number of rotatable bonds is 6. The van der Waals surface area contributed by atoms with Gasteiger partial charge in [0.05, 0.1) is 15.8 Å². The van der Waals surface area contributed by atoms with Crippen molar-refractivity contribution in [1.82, 2.24) is 9.97 Å². The van der Waals surface area contributed by atoms with Gasteiger partial charge in [0, 0.05) is 16.9 Å². The highest BCUT2D eigenvalue weighted by molar-refractivity contribution is 7.21. The fourth-order valence-corrected chi connectivity index (χ4v) is 5.17. The van der Waals surface area contributed by atoms with Crippen LogP contribution in [0.15, 0.2) is 70.9 Å². The van der Waals surface area contributed by atoms with E-state index in [-0.39, 0.29) is 0 Å². The zero-order valence-electron chi connectivity index (χ0n) is 21.9. The second-order valence-electron chi connectivity index (χ2n) is 9.22. The van der Waals surface area contributed by atoms with Gasteiger partial charge in [-0.05, 0) is 69.0 Å². The maximum Gasteiger partial charge on any atom is 0.231 e. The largest absolute Gasteiger partial charge is 0.339 e. The summed E-state index contributed by atoms with van der Waals surface area (Å²) in [6.45, 7) is 10.0. The number of nitriles is 1. The molecule has 0 saturated carbocycles. The van der Waals surface area contributed by atoms with Crippen molar-refractivity contribution in [3.05, 3.63) is 94.0 Å². The molecule has 188 valence electrons. The summed E-state index contributed by atoms with van der Waals surface area (Å²) >= 11 is 1.47. The standard InChI is InChI=1S/C30H27N7S/c1-17-10-8-11-18(2)25(17)33-28-22(16-31)21(5)27(29(35-28)34-26-19(3)12-9-13-20(26)4)36-37-30-32-23-14-6-7-15-24(23)38-30/h6-15H,1-5H3,(H2,33,34,35). The van der Waals surface area contributed by atoms with E-state index in [1.165, 1.54) is 11.3 Å². The van der Waals surface area contributed by atoms with Crippen LogP contribution in [0.3, 0.4) is 0 Å². The Hall–Kier alpha value is -4.61. The third kappa shape index (κ3) is 4.84. The topological polar surface area (TPSA) is 98.3 Å². The van der Waals surface area contributed by atoms with Crippen molar-refractivity contribution in [1.29, 1.82) is 5.26 Å². The summed E-state index contributed by atoms with van der Waals surface area (Å²) in [4.78, 5) is 9.47. The van der Waals surface area contributed by atoms with E-state index in [2.05, 4.69) is 31.9 Å². The normalized spacial score (nSPS) is 11.2. The number of azo groups is 1. The van der Waals surface area contributed by atoms with E-state index in [4.69, 9.17) is 4.98 Å². The fraction of sp³-hybridized carbons (Fsp3) is 0.167. The molecule has 0 bridgehead atoms. The van der Waals surface area contributed by atoms with E-state index in [1.54, 1.807) is 0 Å². The van der Waals surface area contributed by atoms with Crippen LogP contribution in [0.1, 0.15) is 33.4 Å². The summed E-state index contributed by atoms with van der Waals surface area (Å²) in [7, 11) is 0. The molecule has 0 aliphatic carbocycles. The Labute approximate surface area is 225 Å². The highest BCUT2D eigenvalue weighted by Crippen LogP contribution is 2.39. The van der Waals surface area contributed by atoms with Crippen molar-refractivity contribution in [2.75, 3.05) is 10.6 Å². The Bertz CT molecular complexity index is 1670. The molecule has 8 heteroatoms. The number of hydrogen-bond donors (Lipinski definition) is 2. The van der Waals surface area contributed by atoms with E-state index >= 15 is 0 Å². The lowest BCUT2D eigenvalue weighted by Gasteiger charge is -2.19. The number of para-hydroxylation sites is 3. The number of benzene rings is 3. The number of fused-ring (bicyclic) bond motifs is 1. The van der Waals surface area contributed by atoms with Gasteiger partial charge in [-0.25, -0.2) is 9.97 Å². The van der Waals surface area contributed by atoms with Crippen LogP contribution in [-0.2, 0) is 0 Å². The molecule has 0 saturated heterocycles. The van der Waals surface area contributed by atoms with Crippen LogP contribution in [0, 0.1) is 45.9 Å². The van der Waals surface area contributed by atoms with E-state index in [0.29, 0.717) is 33.6 Å². The number of nitrogens with zero attached hydrogens (tertiary/aromatic N) is 5. The van der Waals surface area contributed by atoms with E-state index in [1.807, 2.05) is 95.3 Å². The molecule has 0 atom stereocenters. The van der Waals surface area contributed by atoms with Crippen LogP contribution in [0.4, 0.5) is 33.8 Å². The minimum atomic E-state index is 0.415. The van der Waals surface area contributed by atoms with E-state index < -0.39 is 0 Å². The molecule has 2 heterocycles. The Balaban J connectivity index is 1.66. The molecule has 0 radical (unpaired) electrons. The Kier molecular flexibility index (Phi) is 6.86. The molecule has 2 N–H and O–H groups in total. The first-order valence-electron chi connectivity index (χ1n) is 12.2. The van der Waals surface area contributed by atoms with Crippen molar-refractivity contribution in [3.63, 3.8) is 0 Å². The lowest BCUT2D eigenvalue weighted by atomic mass is 10.1. The predicted octanol–water partition coefficient (Wildman–Crippen LogP) is 9.01. The van der Waals surface area contributed by atoms with Crippen LogP contribution in [0.5, 0.6) is 0 Å². The van der Waals surface area contributed by atoms with Gasteiger partial charge in [-0.15, -0.1) is 10.2 Å². The number of anilines is 4. The minimum Gasteiger partial charge on any atom is -0.339 e. The lowest BCUT2D eigenvalue weighted by Crippen LogP contribution is -2.06. The molecule has 5 aromatic rings. The summed E-state index contributed by atoms with van der Waals surface area (Å²) in [5.41, 5.74) is 8.62. The summed E-state index contributed by atoms with van der Waals surface area (Å²) < 4.78 is 1.04. The summed E-state index contributed by atoms with van der Waals surface area (Å²) in [6.07, 6.45) is 0. The molecule has 0 unspecified atom stereocenters. The molecule has 5 rings (SSSR count). The number of hydrogen-bond acceptors (Lipinski definition) is 8. The third-order valence-electron chi connectivity index (χ3n) is 6.49. The number of aromatic nitrogens is 2. The van der Waals surface area contributed by atoms with Crippen molar-refractivity contribution >= 4 is 55.4 Å². The van der Waals surface area contributed by atoms with Gasteiger partial charge in [-0.1, -0.05) is 59.9 Å². The van der Waals surface area contributed by atoms with Gasteiger partial charge >= 0.3 is 0 Å². The molecule has 3 aromatic carbocycles. The van der Waals surface area contributed by atoms with Crippen LogP contribution >= 0.6 is 11.3 Å². The first-order chi connectivity index (χ1) is 18.4. The maximum atomic E-state index is 10.2. The molecule has 0 amide bonds. The fourth-order valence-electron chi connectivity index (χ4n) is 4.39. The highest BCUT2D eigenvalue weighted by atomic mass is 32.1. The number of pyridine rings is 1. The molecular formula is C30H27N7S. The van der Waals surface area contributed by atoms with E-state index in [9.17, 15) is 5.26 Å². The van der Waals surface area contributed by atoms with Gasteiger partial charge in [0.15, 0.2) is 11.6 Å². The predicted molar refractivity (Wildman–Crippen MR) is 156 cm³/mol. The van der Waals surface area contributed by atoms with E-state index in [0.717, 1.165) is 43.8 Å². The molecular weight excluding hydrogens is 490 g/mol. The van der Waals surface area contributed by atoms with Gasteiger partial charge in [0.2, 0.25) is 5.13 Å². The van der Waals surface area contributed by atoms with Crippen molar-refractivity contribution in [2.45, 2.75) is 34.6 Å². The van der Waals surface area contributed by atoms with Crippen LogP contribution in [-0.4, -0.2) is 9.97 Å². The number of thiazole rings is 1. The zero-order valence-corrected chi connectivity index (χ0v) is 22.7. The third-order valence-corrected chi connectivity index (χ3v) is 7.41. The van der Waals surface area contributed by atoms with Crippen molar-refractivity contribution in [3.8, 4) is 6.07 Å². The number of aryl methyl sites for hydroxylation is 4. The zero-order chi connectivity index (χ0) is 26.8. The summed E-state index contributed by atoms with van der Waals surface area (Å²) in [6, 6.07) is 22.4. The Morgan fingerprint density at radius 1 is 0.711 bits per heavy atom. The quantitative estimate of drug-likeness (QED) is 0.219. The Morgan fingerprint density at radius 2 is 1.29 bits per heavy atom. The average molecular weight is 518 g/mol. The molecule has 2 aromatic heterocycles. The average Bonchev–Trinajstić information content (AvgIpc) is 3.31. The van der Waals surface area contributed by atoms with Crippen molar-refractivity contribution < 1.29 is 0 Å². The van der Waals surface area contributed by atoms with Gasteiger partial charge in [0.25, 0.3) is 0 Å². The first-order valence-corrected chi connectivity index (χ1v) is 13.1. The second-order valence-corrected chi connectivity index (χ2v) is 10.2. The monoisotopic (exact) mass is 517 g/mol.